The summed E-state index contributed by atoms with van der Waals surface area (Å²) in [6.45, 7) is 5.96. The molecule has 4 heteroatoms. The van der Waals surface area contributed by atoms with E-state index in [2.05, 4.69) is 63.3 Å². The van der Waals surface area contributed by atoms with Gasteiger partial charge in [-0.15, -0.1) is 0 Å². The van der Waals surface area contributed by atoms with Crippen LogP contribution in [0.4, 0.5) is 0 Å². The summed E-state index contributed by atoms with van der Waals surface area (Å²) >= 11 is 0. The highest BCUT2D eigenvalue weighted by molar-refractivity contribution is 5.76. The Morgan fingerprint density at radius 1 is 1.14 bits per heavy atom. The fraction of sp³-hybridized carbons (Fsp3) is 0.222. The minimum Gasteiger partial charge on any atom is -0.336 e. The van der Waals surface area contributed by atoms with Gasteiger partial charge in [0.15, 0.2) is 0 Å². The van der Waals surface area contributed by atoms with Crippen LogP contribution in [0.15, 0.2) is 61.5 Å². The van der Waals surface area contributed by atoms with Crippen LogP contribution in [0, 0.1) is 0 Å². The number of hydrogen-bond acceptors (Lipinski definition) is 2. The molecule has 0 saturated heterocycles. The van der Waals surface area contributed by atoms with E-state index >= 15 is 0 Å². The Kier molecular flexibility index (Phi) is 4.19. The maximum Gasteiger partial charge on any atom is 0.0959 e. The van der Waals surface area contributed by atoms with Gasteiger partial charge in [0, 0.05) is 31.0 Å². The first-order valence-corrected chi connectivity index (χ1v) is 7.49. The summed E-state index contributed by atoms with van der Waals surface area (Å²) in [6.07, 6.45) is 9.70. The van der Waals surface area contributed by atoms with E-state index in [1.54, 1.807) is 6.20 Å². The van der Waals surface area contributed by atoms with Gasteiger partial charge in [0.2, 0.25) is 0 Å². The highest BCUT2D eigenvalue weighted by Crippen LogP contribution is 2.27. The molecule has 0 amide bonds. The van der Waals surface area contributed by atoms with Crippen molar-refractivity contribution in [3.05, 3.63) is 67.2 Å². The SMILES string of the molecule is CC=C(C)c1c(-c2ccccc2)ncn1CCn1ccnc1. The van der Waals surface area contributed by atoms with Crippen molar-refractivity contribution in [2.24, 2.45) is 0 Å². The highest BCUT2D eigenvalue weighted by Gasteiger charge is 2.13. The number of allylic oxidation sites excluding steroid dienone is 2. The lowest BCUT2D eigenvalue weighted by Crippen LogP contribution is -2.07. The van der Waals surface area contributed by atoms with Gasteiger partial charge >= 0.3 is 0 Å². The van der Waals surface area contributed by atoms with Crippen molar-refractivity contribution in [3.8, 4) is 11.3 Å². The molecule has 0 aliphatic heterocycles. The van der Waals surface area contributed by atoms with Gasteiger partial charge in [0.1, 0.15) is 0 Å². The Morgan fingerprint density at radius 3 is 2.64 bits per heavy atom. The smallest absolute Gasteiger partial charge is 0.0959 e. The van der Waals surface area contributed by atoms with Crippen LogP contribution in [-0.4, -0.2) is 19.1 Å². The van der Waals surface area contributed by atoms with E-state index in [0.29, 0.717) is 0 Å². The molecule has 2 aromatic heterocycles. The van der Waals surface area contributed by atoms with Gasteiger partial charge in [0.25, 0.3) is 0 Å². The van der Waals surface area contributed by atoms with E-state index in [1.807, 2.05) is 24.9 Å². The molecule has 0 aliphatic rings. The summed E-state index contributed by atoms with van der Waals surface area (Å²) < 4.78 is 4.30. The van der Waals surface area contributed by atoms with Crippen molar-refractivity contribution in [3.63, 3.8) is 0 Å². The van der Waals surface area contributed by atoms with Crippen molar-refractivity contribution in [2.75, 3.05) is 0 Å². The van der Waals surface area contributed by atoms with E-state index in [0.717, 1.165) is 24.3 Å². The summed E-state index contributed by atoms with van der Waals surface area (Å²) in [5.41, 5.74) is 4.62. The second-order valence-electron chi connectivity index (χ2n) is 5.27. The lowest BCUT2D eigenvalue weighted by molar-refractivity contribution is 0.574. The Bertz CT molecular complexity index is 752. The normalized spacial score (nSPS) is 11.8. The quantitative estimate of drug-likeness (QED) is 0.715. The number of imidazole rings is 2. The predicted molar refractivity (Wildman–Crippen MR) is 89.2 cm³/mol. The zero-order valence-electron chi connectivity index (χ0n) is 13.0. The third-order valence-electron chi connectivity index (χ3n) is 3.85. The molecule has 0 spiro atoms. The van der Waals surface area contributed by atoms with Gasteiger partial charge in [-0.3, -0.25) is 0 Å². The van der Waals surface area contributed by atoms with Crippen molar-refractivity contribution in [2.45, 2.75) is 26.9 Å². The molecule has 0 N–H and O–H groups in total. The lowest BCUT2D eigenvalue weighted by atomic mass is 10.1. The molecule has 4 nitrogen and oxygen atoms in total. The first-order chi connectivity index (χ1) is 10.8. The first-order valence-electron chi connectivity index (χ1n) is 7.49. The summed E-state index contributed by atoms with van der Waals surface area (Å²) in [5.74, 6) is 0. The van der Waals surface area contributed by atoms with Gasteiger partial charge in [-0.2, -0.15) is 0 Å². The molecule has 1 aromatic carbocycles. The lowest BCUT2D eigenvalue weighted by Gasteiger charge is -2.11. The largest absolute Gasteiger partial charge is 0.336 e. The number of aromatic nitrogens is 4. The van der Waals surface area contributed by atoms with E-state index in [-0.39, 0.29) is 0 Å². The standard InChI is InChI=1S/C18H20N4/c1-3-15(2)18-17(16-7-5-4-6-8-16)20-14-22(18)12-11-21-10-9-19-13-21/h3-10,13-14H,11-12H2,1-2H3. The van der Waals surface area contributed by atoms with Crippen molar-refractivity contribution in [1.82, 2.24) is 19.1 Å². The molecule has 22 heavy (non-hydrogen) atoms. The van der Waals surface area contributed by atoms with Gasteiger partial charge in [-0.1, -0.05) is 36.4 Å². The average Bonchev–Trinajstić information content (AvgIpc) is 3.22. The van der Waals surface area contributed by atoms with E-state index in [9.17, 15) is 0 Å². The van der Waals surface area contributed by atoms with Crippen LogP contribution in [0.5, 0.6) is 0 Å². The Morgan fingerprint density at radius 2 is 1.95 bits per heavy atom. The summed E-state index contributed by atoms with van der Waals surface area (Å²) in [4.78, 5) is 8.74. The predicted octanol–water partition coefficient (Wildman–Crippen LogP) is 3.87. The van der Waals surface area contributed by atoms with Crippen molar-refractivity contribution in [1.29, 1.82) is 0 Å². The minimum atomic E-state index is 0.872. The van der Waals surface area contributed by atoms with Crippen LogP contribution < -0.4 is 0 Å². The van der Waals surface area contributed by atoms with E-state index in [1.165, 1.54) is 11.3 Å². The number of aryl methyl sites for hydroxylation is 2. The molecule has 0 radical (unpaired) electrons. The maximum absolute atomic E-state index is 4.65. The Balaban J connectivity index is 1.95. The van der Waals surface area contributed by atoms with Gasteiger partial charge < -0.3 is 9.13 Å². The molecule has 0 saturated carbocycles. The van der Waals surface area contributed by atoms with Crippen molar-refractivity contribution >= 4 is 5.57 Å². The summed E-state index contributed by atoms with van der Waals surface area (Å²) in [6, 6.07) is 10.3. The van der Waals surface area contributed by atoms with Crippen LogP contribution in [0.2, 0.25) is 0 Å². The second kappa shape index (κ2) is 6.43. The van der Waals surface area contributed by atoms with Crippen molar-refractivity contribution < 1.29 is 0 Å². The fourth-order valence-corrected chi connectivity index (χ4v) is 2.55. The van der Waals surface area contributed by atoms with E-state index in [4.69, 9.17) is 0 Å². The maximum atomic E-state index is 4.65. The Hall–Kier alpha value is -2.62. The van der Waals surface area contributed by atoms with Gasteiger partial charge in [-0.05, 0) is 19.4 Å². The van der Waals surface area contributed by atoms with Crippen LogP contribution in [0.25, 0.3) is 16.8 Å². The summed E-state index contributed by atoms with van der Waals surface area (Å²) in [7, 11) is 0. The zero-order valence-corrected chi connectivity index (χ0v) is 13.0. The number of rotatable bonds is 5. The molecule has 0 fully saturated rings. The fourth-order valence-electron chi connectivity index (χ4n) is 2.55. The second-order valence-corrected chi connectivity index (χ2v) is 5.27. The molecule has 0 atom stereocenters. The molecule has 0 bridgehead atoms. The topological polar surface area (TPSA) is 35.6 Å². The molecular formula is C18H20N4. The molecule has 3 aromatic rings. The van der Waals surface area contributed by atoms with Crippen LogP contribution in [0.1, 0.15) is 19.5 Å². The molecule has 0 unspecified atom stereocenters. The first kappa shape index (κ1) is 14.3. The third kappa shape index (κ3) is 2.86. The highest BCUT2D eigenvalue weighted by atomic mass is 15.1. The molecule has 112 valence electrons. The Labute approximate surface area is 130 Å². The zero-order chi connectivity index (χ0) is 15.4. The third-order valence-corrected chi connectivity index (χ3v) is 3.85. The monoisotopic (exact) mass is 292 g/mol. The van der Waals surface area contributed by atoms with Crippen LogP contribution >= 0.6 is 0 Å². The number of hydrogen-bond donors (Lipinski definition) is 0. The molecular weight excluding hydrogens is 272 g/mol. The van der Waals surface area contributed by atoms with Crippen LogP contribution in [-0.2, 0) is 13.1 Å². The molecule has 2 heterocycles. The van der Waals surface area contributed by atoms with Gasteiger partial charge in [0.05, 0.1) is 24.0 Å². The minimum absolute atomic E-state index is 0.872. The number of benzene rings is 1. The average molecular weight is 292 g/mol. The molecule has 3 rings (SSSR count). The van der Waals surface area contributed by atoms with E-state index < -0.39 is 0 Å². The van der Waals surface area contributed by atoms with Gasteiger partial charge in [-0.25, -0.2) is 9.97 Å². The molecule has 0 aliphatic carbocycles. The summed E-state index contributed by atoms with van der Waals surface area (Å²) in [5, 5.41) is 0. The van der Waals surface area contributed by atoms with Crippen LogP contribution in [0.3, 0.4) is 0 Å². The number of nitrogens with zero attached hydrogens (tertiary/aromatic N) is 4.